The summed E-state index contributed by atoms with van der Waals surface area (Å²) in [5.74, 6) is -0.812. The predicted octanol–water partition coefficient (Wildman–Crippen LogP) is 4.43. The van der Waals surface area contributed by atoms with Gasteiger partial charge in [-0.25, -0.2) is 13.8 Å². The fourth-order valence-corrected chi connectivity index (χ4v) is 4.09. The van der Waals surface area contributed by atoms with E-state index >= 15 is 0 Å². The lowest BCUT2D eigenvalue weighted by Gasteiger charge is -2.29. The van der Waals surface area contributed by atoms with Gasteiger partial charge in [0.05, 0.1) is 11.5 Å². The van der Waals surface area contributed by atoms with Gasteiger partial charge in [-0.2, -0.15) is 4.98 Å². The van der Waals surface area contributed by atoms with E-state index < -0.39 is 29.1 Å². The van der Waals surface area contributed by atoms with E-state index in [1.165, 1.54) is 18.2 Å². The molecule has 1 saturated carbocycles. The molecule has 1 aromatic heterocycles. The topological polar surface area (TPSA) is 128 Å². The lowest BCUT2D eigenvalue weighted by molar-refractivity contribution is -0.385. The van der Waals surface area contributed by atoms with E-state index in [4.69, 9.17) is 5.73 Å². The van der Waals surface area contributed by atoms with E-state index in [-0.39, 0.29) is 54.5 Å². The molecule has 3 rings (SSSR count). The fourth-order valence-electron chi connectivity index (χ4n) is 4.09. The number of benzene rings is 1. The monoisotopic (exact) mass is 504 g/mol. The molecule has 0 aliphatic heterocycles. The van der Waals surface area contributed by atoms with Gasteiger partial charge in [-0.1, -0.05) is 18.2 Å². The minimum Gasteiger partial charge on any atom is -0.405 e. The smallest absolute Gasteiger partial charge is 0.405 e. The predicted molar refractivity (Wildman–Crippen MR) is 117 cm³/mol. The number of hydrogen-bond acceptors (Lipinski definition) is 8. The Morgan fingerprint density at radius 3 is 2.49 bits per heavy atom. The number of anilines is 2. The lowest BCUT2D eigenvalue weighted by Crippen LogP contribution is -2.36. The van der Waals surface area contributed by atoms with Crippen LogP contribution in [0.25, 0.3) is 0 Å². The second-order valence-corrected chi connectivity index (χ2v) is 8.22. The molecular weight excluding hydrogens is 479 g/mol. The molecular formula is C21H25F5N6O3. The van der Waals surface area contributed by atoms with Gasteiger partial charge in [-0.05, 0) is 44.1 Å². The number of nitrogens with two attached hydrogens (primary N) is 1. The second-order valence-electron chi connectivity index (χ2n) is 8.22. The quantitative estimate of drug-likeness (QED) is 0.246. The normalized spacial score (nSPS) is 18.5. The van der Waals surface area contributed by atoms with Crippen LogP contribution in [0.3, 0.4) is 0 Å². The van der Waals surface area contributed by atoms with Crippen LogP contribution in [0, 0.1) is 16.0 Å². The van der Waals surface area contributed by atoms with E-state index in [0.29, 0.717) is 25.7 Å². The van der Waals surface area contributed by atoms with Crippen LogP contribution in [0.4, 0.5) is 39.4 Å². The summed E-state index contributed by atoms with van der Waals surface area (Å²) in [6.45, 7) is -0.528. The number of nitro groups is 1. The molecule has 35 heavy (non-hydrogen) atoms. The van der Waals surface area contributed by atoms with Crippen LogP contribution in [-0.4, -0.2) is 40.3 Å². The van der Waals surface area contributed by atoms with Crippen molar-refractivity contribution in [2.45, 2.75) is 57.5 Å². The van der Waals surface area contributed by atoms with Gasteiger partial charge in [0, 0.05) is 18.2 Å². The van der Waals surface area contributed by atoms with Crippen molar-refractivity contribution in [3.63, 3.8) is 0 Å². The fraction of sp³-hybridized carbons (Fsp3) is 0.524. The summed E-state index contributed by atoms with van der Waals surface area (Å²) >= 11 is 0. The molecule has 1 aromatic carbocycles. The zero-order valence-electron chi connectivity index (χ0n) is 18.5. The average Bonchev–Trinajstić information content (AvgIpc) is 2.76. The Labute approximate surface area is 197 Å². The van der Waals surface area contributed by atoms with Gasteiger partial charge in [0.1, 0.15) is 11.4 Å². The molecule has 0 bridgehead atoms. The third-order valence-corrected chi connectivity index (χ3v) is 5.69. The number of ether oxygens (including phenoxy) is 1. The number of nitrogens with one attached hydrogen (secondary N) is 2. The van der Waals surface area contributed by atoms with E-state index in [1.54, 1.807) is 0 Å². The molecule has 4 N–H and O–H groups in total. The summed E-state index contributed by atoms with van der Waals surface area (Å²) in [6.07, 6.45) is -4.46. The summed E-state index contributed by atoms with van der Waals surface area (Å²) in [5, 5.41) is 17.1. The van der Waals surface area contributed by atoms with Crippen molar-refractivity contribution in [2.75, 3.05) is 17.6 Å². The molecule has 9 nitrogen and oxygen atoms in total. The maximum Gasteiger partial charge on any atom is 0.573 e. The number of halogens is 5. The van der Waals surface area contributed by atoms with Gasteiger partial charge in [0.2, 0.25) is 11.8 Å². The van der Waals surface area contributed by atoms with E-state index in [9.17, 15) is 32.1 Å². The number of nitrogens with zero attached hydrogens (tertiary/aromatic N) is 3. The second kappa shape index (κ2) is 11.4. The standard InChI is InChI=1S/C21H25F5N6O3/c22-17(23)11-28-14-7-5-12(6-8-14)9-15-18(32(33)34)19(27)31-20(30-15)29-10-13-3-1-2-4-16(13)35-21(24,25)26/h1-4,12,14,17,28H,5-11H2,(H3,27,29,30,31). The Morgan fingerprint density at radius 2 is 1.86 bits per heavy atom. The summed E-state index contributed by atoms with van der Waals surface area (Å²) in [6, 6.07) is 5.46. The zero-order chi connectivity index (χ0) is 25.6. The highest BCUT2D eigenvalue weighted by atomic mass is 19.4. The van der Waals surface area contributed by atoms with E-state index in [1.807, 2.05) is 0 Å². The number of rotatable bonds is 10. The van der Waals surface area contributed by atoms with Gasteiger partial charge in [0.15, 0.2) is 0 Å². The Morgan fingerprint density at radius 1 is 1.17 bits per heavy atom. The van der Waals surface area contributed by atoms with Gasteiger partial charge >= 0.3 is 12.0 Å². The summed E-state index contributed by atoms with van der Waals surface area (Å²) in [7, 11) is 0. The first-order valence-electron chi connectivity index (χ1n) is 10.9. The first kappa shape index (κ1) is 26.3. The SMILES string of the molecule is Nc1nc(NCc2ccccc2OC(F)(F)F)nc(CC2CCC(NCC(F)F)CC2)c1[N+](=O)[O-]. The lowest BCUT2D eigenvalue weighted by atomic mass is 9.83. The summed E-state index contributed by atoms with van der Waals surface area (Å²) in [5.41, 5.74) is 5.66. The third-order valence-electron chi connectivity index (χ3n) is 5.69. The molecule has 0 atom stereocenters. The highest BCUT2D eigenvalue weighted by Crippen LogP contribution is 2.33. The zero-order valence-corrected chi connectivity index (χ0v) is 18.5. The highest BCUT2D eigenvalue weighted by Gasteiger charge is 2.32. The largest absolute Gasteiger partial charge is 0.573 e. The molecule has 1 heterocycles. The minimum absolute atomic E-state index is 0.0290. The Hall–Kier alpha value is -3.29. The maximum atomic E-state index is 12.7. The minimum atomic E-state index is -4.87. The Bertz CT molecular complexity index is 1020. The first-order chi connectivity index (χ1) is 16.5. The van der Waals surface area contributed by atoms with Crippen LogP contribution in [0.2, 0.25) is 0 Å². The molecule has 192 valence electrons. The molecule has 1 fully saturated rings. The van der Waals surface area contributed by atoms with Gasteiger partial charge in [-0.15, -0.1) is 13.2 Å². The van der Waals surface area contributed by atoms with Crippen molar-refractivity contribution in [2.24, 2.45) is 5.92 Å². The van der Waals surface area contributed by atoms with Crippen molar-refractivity contribution in [3.8, 4) is 5.75 Å². The molecule has 0 radical (unpaired) electrons. The summed E-state index contributed by atoms with van der Waals surface area (Å²) in [4.78, 5) is 19.0. The van der Waals surface area contributed by atoms with Gasteiger partial charge in [-0.3, -0.25) is 10.1 Å². The molecule has 2 aromatic rings. The van der Waals surface area contributed by atoms with Crippen molar-refractivity contribution in [1.82, 2.24) is 15.3 Å². The van der Waals surface area contributed by atoms with Crippen LogP contribution in [0.5, 0.6) is 5.75 Å². The molecule has 0 amide bonds. The number of alkyl halides is 5. The number of hydrogen-bond donors (Lipinski definition) is 3. The van der Waals surface area contributed by atoms with Crippen molar-refractivity contribution in [1.29, 1.82) is 0 Å². The van der Waals surface area contributed by atoms with Crippen molar-refractivity contribution in [3.05, 3.63) is 45.6 Å². The third kappa shape index (κ3) is 7.87. The number of nitrogen functional groups attached to an aromatic ring is 1. The molecule has 0 spiro atoms. The first-order valence-corrected chi connectivity index (χ1v) is 10.9. The Kier molecular flexibility index (Phi) is 8.59. The molecule has 14 heteroatoms. The van der Waals surface area contributed by atoms with Crippen LogP contribution >= 0.6 is 0 Å². The van der Waals surface area contributed by atoms with Crippen molar-refractivity contribution < 1.29 is 31.6 Å². The molecule has 0 saturated heterocycles. The van der Waals surface area contributed by atoms with Crippen LogP contribution in [-0.2, 0) is 13.0 Å². The van der Waals surface area contributed by atoms with E-state index in [0.717, 1.165) is 6.07 Å². The van der Waals surface area contributed by atoms with Crippen molar-refractivity contribution >= 4 is 17.5 Å². The van der Waals surface area contributed by atoms with Gasteiger partial charge < -0.3 is 21.1 Å². The van der Waals surface area contributed by atoms with E-state index in [2.05, 4.69) is 25.3 Å². The van der Waals surface area contributed by atoms with Crippen LogP contribution < -0.4 is 21.1 Å². The average molecular weight is 504 g/mol. The maximum absolute atomic E-state index is 12.7. The Balaban J connectivity index is 1.71. The van der Waals surface area contributed by atoms with Gasteiger partial charge in [0.25, 0.3) is 6.43 Å². The highest BCUT2D eigenvalue weighted by molar-refractivity contribution is 5.58. The number of aromatic nitrogens is 2. The molecule has 0 unspecified atom stereocenters. The summed E-state index contributed by atoms with van der Waals surface area (Å²) < 4.78 is 66.8. The molecule has 1 aliphatic carbocycles. The number of para-hydroxylation sites is 1. The van der Waals surface area contributed by atoms with Crippen LogP contribution in [0.1, 0.15) is 36.9 Å². The molecule has 1 aliphatic rings. The van der Waals surface area contributed by atoms with Crippen LogP contribution in [0.15, 0.2) is 24.3 Å².